The lowest BCUT2D eigenvalue weighted by Crippen LogP contribution is -2.54. The summed E-state index contributed by atoms with van der Waals surface area (Å²) in [5.41, 5.74) is 0.557. The third-order valence-electron chi connectivity index (χ3n) is 6.64. The summed E-state index contributed by atoms with van der Waals surface area (Å²) < 4.78 is 81.4. The number of likely N-dealkylation sites (tertiary alicyclic amines) is 1. The van der Waals surface area contributed by atoms with Crippen molar-refractivity contribution in [2.75, 3.05) is 37.7 Å². The molecule has 31 heavy (non-hydrogen) atoms. The molecule has 4 rings (SSSR count). The topological polar surface area (TPSA) is 59.5 Å². The van der Waals surface area contributed by atoms with Gasteiger partial charge in [0.2, 0.25) is 0 Å². The first-order chi connectivity index (χ1) is 14.6. The van der Waals surface area contributed by atoms with Crippen LogP contribution in [0, 0.1) is 17.2 Å². The number of piperidine rings is 1. The van der Waals surface area contributed by atoms with E-state index in [4.69, 9.17) is 4.74 Å². The molecule has 0 N–H and O–H groups in total. The van der Waals surface area contributed by atoms with Crippen LogP contribution in [0.15, 0.2) is 18.3 Å². The monoisotopic (exact) mass is 462 g/mol. The van der Waals surface area contributed by atoms with Crippen LogP contribution >= 0.6 is 0 Å². The van der Waals surface area contributed by atoms with E-state index in [1.54, 1.807) is 0 Å². The van der Waals surface area contributed by atoms with Gasteiger partial charge in [0.05, 0.1) is 23.6 Å². The third kappa shape index (κ3) is 5.22. The Balaban J connectivity index is 1.25. The summed E-state index contributed by atoms with van der Waals surface area (Å²) in [6.45, 7) is 2.63. The van der Waals surface area contributed by atoms with Crippen LogP contribution in [0.3, 0.4) is 0 Å². The zero-order valence-electron chi connectivity index (χ0n) is 17.1. The number of nitrogens with zero attached hydrogens (tertiary/aromatic N) is 2. The summed E-state index contributed by atoms with van der Waals surface area (Å²) in [5.74, 6) is -1.09. The number of alkyl halides is 3. The predicted molar refractivity (Wildman–Crippen MR) is 108 cm³/mol. The van der Waals surface area contributed by atoms with E-state index in [0.717, 1.165) is 25.9 Å². The van der Waals surface area contributed by atoms with Gasteiger partial charge in [0.15, 0.2) is 15.7 Å². The quantitative estimate of drug-likeness (QED) is 0.622. The molecular formula is C21H26F4N2O3S. The molecule has 0 saturated carbocycles. The van der Waals surface area contributed by atoms with E-state index in [9.17, 15) is 26.0 Å². The second kappa shape index (κ2) is 8.35. The molecule has 2 saturated heterocycles. The van der Waals surface area contributed by atoms with Crippen molar-refractivity contribution in [1.82, 2.24) is 9.88 Å². The molecule has 2 fully saturated rings. The number of halogens is 4. The molecule has 3 heterocycles. The lowest BCUT2D eigenvalue weighted by atomic mass is 9.81. The Morgan fingerprint density at radius 1 is 1.23 bits per heavy atom. The molecule has 10 heteroatoms. The van der Waals surface area contributed by atoms with Crippen molar-refractivity contribution in [2.24, 2.45) is 11.3 Å². The summed E-state index contributed by atoms with van der Waals surface area (Å²) in [5, 5.41) is 0. The molecule has 2 aliphatic heterocycles. The fraction of sp³-hybridized carbons (Fsp3) is 0.667. The van der Waals surface area contributed by atoms with Gasteiger partial charge in [-0.05, 0) is 50.8 Å². The van der Waals surface area contributed by atoms with E-state index in [-0.39, 0.29) is 36.1 Å². The zero-order valence-corrected chi connectivity index (χ0v) is 17.9. The van der Waals surface area contributed by atoms with E-state index >= 15 is 0 Å². The first kappa shape index (κ1) is 22.5. The molecule has 0 bridgehead atoms. The van der Waals surface area contributed by atoms with E-state index in [2.05, 4.69) is 9.88 Å². The predicted octanol–water partition coefficient (Wildman–Crippen LogP) is 3.86. The highest BCUT2D eigenvalue weighted by atomic mass is 32.2. The van der Waals surface area contributed by atoms with Gasteiger partial charge in [0.1, 0.15) is 18.1 Å². The summed E-state index contributed by atoms with van der Waals surface area (Å²) in [4.78, 5) is 6.29. The van der Waals surface area contributed by atoms with Gasteiger partial charge in [-0.1, -0.05) is 6.08 Å². The molecule has 172 valence electrons. The molecule has 1 aliphatic carbocycles. The van der Waals surface area contributed by atoms with E-state index in [1.165, 1.54) is 18.3 Å². The minimum Gasteiger partial charge on any atom is -0.491 e. The number of pyridine rings is 1. The van der Waals surface area contributed by atoms with Gasteiger partial charge in [-0.2, -0.15) is 13.2 Å². The number of hydrogen-bond donors (Lipinski definition) is 0. The molecule has 1 aromatic rings. The number of ether oxygens (including phenoxy) is 1. The average molecular weight is 463 g/mol. The van der Waals surface area contributed by atoms with Crippen molar-refractivity contribution < 1.29 is 30.7 Å². The highest BCUT2D eigenvalue weighted by Crippen LogP contribution is 2.42. The highest BCUT2D eigenvalue weighted by molar-refractivity contribution is 7.92. The molecule has 5 nitrogen and oxygen atoms in total. The molecule has 1 spiro atoms. The van der Waals surface area contributed by atoms with Crippen LogP contribution < -0.4 is 4.74 Å². The normalized spacial score (nSPS) is 25.7. The largest absolute Gasteiger partial charge is 0.491 e. The lowest BCUT2D eigenvalue weighted by molar-refractivity contribution is -0.175. The average Bonchev–Trinajstić information content (AvgIpc) is 2.68. The van der Waals surface area contributed by atoms with Crippen LogP contribution in [-0.4, -0.2) is 62.2 Å². The van der Waals surface area contributed by atoms with E-state index in [0.29, 0.717) is 30.2 Å². The number of aromatic nitrogens is 1. The lowest BCUT2D eigenvalue weighted by Gasteiger charge is -2.47. The Morgan fingerprint density at radius 2 is 1.94 bits per heavy atom. The second-order valence-corrected chi connectivity index (χ2v) is 11.0. The van der Waals surface area contributed by atoms with Crippen LogP contribution in [-0.2, 0) is 9.84 Å². The van der Waals surface area contributed by atoms with Crippen molar-refractivity contribution in [3.05, 3.63) is 29.9 Å². The fourth-order valence-corrected chi connectivity index (χ4v) is 7.16. The van der Waals surface area contributed by atoms with Crippen LogP contribution in [0.25, 0.3) is 5.57 Å². The van der Waals surface area contributed by atoms with Crippen molar-refractivity contribution in [3.63, 3.8) is 0 Å². The fourth-order valence-electron chi connectivity index (χ4n) is 4.81. The maximum absolute atomic E-state index is 14.5. The smallest absolute Gasteiger partial charge is 0.392 e. The Morgan fingerprint density at radius 3 is 2.48 bits per heavy atom. The van der Waals surface area contributed by atoms with Gasteiger partial charge in [-0.3, -0.25) is 4.90 Å². The number of sulfone groups is 1. The maximum Gasteiger partial charge on any atom is 0.392 e. The third-order valence-corrected chi connectivity index (χ3v) is 8.74. The van der Waals surface area contributed by atoms with Crippen molar-refractivity contribution in [2.45, 2.75) is 38.3 Å². The van der Waals surface area contributed by atoms with Crippen LogP contribution in [0.1, 0.15) is 37.8 Å². The van der Waals surface area contributed by atoms with Gasteiger partial charge < -0.3 is 4.74 Å². The van der Waals surface area contributed by atoms with Gasteiger partial charge >= 0.3 is 6.18 Å². The van der Waals surface area contributed by atoms with Crippen molar-refractivity contribution in [3.8, 4) is 5.75 Å². The first-order valence-electron chi connectivity index (χ1n) is 10.5. The molecule has 1 unspecified atom stereocenters. The van der Waals surface area contributed by atoms with Gasteiger partial charge in [-0.25, -0.2) is 17.8 Å². The minimum absolute atomic E-state index is 0.0347. The van der Waals surface area contributed by atoms with Gasteiger partial charge in [-0.15, -0.1) is 0 Å². The van der Waals surface area contributed by atoms with Crippen LogP contribution in [0.5, 0.6) is 5.75 Å². The Hall–Kier alpha value is -1.68. The maximum atomic E-state index is 14.5. The van der Waals surface area contributed by atoms with E-state index in [1.807, 2.05) is 0 Å². The molecule has 0 radical (unpaired) electrons. The summed E-state index contributed by atoms with van der Waals surface area (Å²) in [6, 6.07) is 1.23. The Kier molecular flexibility index (Phi) is 6.06. The van der Waals surface area contributed by atoms with Gasteiger partial charge in [0, 0.05) is 18.0 Å². The molecular weight excluding hydrogens is 436 g/mol. The van der Waals surface area contributed by atoms with Crippen molar-refractivity contribution in [1.29, 1.82) is 0 Å². The first-order valence-corrected chi connectivity index (χ1v) is 12.3. The summed E-state index contributed by atoms with van der Waals surface area (Å²) >= 11 is 0. The standard InChI is InChI=1S/C21H26F4N2O3S/c22-18-11-17(12-26-19(18)15-1-3-16(4-2-15)21(23,24)25)30-10-9-27-7-5-20(6-8-27)13-31(28,29)14-20/h1,11-12,16H,2-10,13-14H2. The molecule has 0 amide bonds. The minimum atomic E-state index is -4.23. The zero-order chi connectivity index (χ0) is 22.3. The molecule has 3 aliphatic rings. The number of hydrogen-bond acceptors (Lipinski definition) is 5. The SMILES string of the molecule is O=S1(=O)CC2(CCN(CCOc3cnc(C4=CCC(C(F)(F)F)CC4)c(F)c3)CC2)C1. The van der Waals surface area contributed by atoms with E-state index < -0.39 is 27.7 Å². The van der Waals surface area contributed by atoms with Gasteiger partial charge in [0.25, 0.3) is 0 Å². The second-order valence-electron chi connectivity index (χ2n) is 8.97. The molecule has 1 aromatic heterocycles. The van der Waals surface area contributed by atoms with Crippen molar-refractivity contribution >= 4 is 15.4 Å². The summed E-state index contributed by atoms with van der Waals surface area (Å²) in [7, 11) is -2.82. The Bertz CT molecular complexity index is 940. The van der Waals surface area contributed by atoms with Crippen LogP contribution in [0.2, 0.25) is 0 Å². The molecule has 1 atom stereocenters. The molecule has 0 aromatic carbocycles. The summed E-state index contributed by atoms with van der Waals surface area (Å²) in [6.07, 6.45) is 0.272. The highest BCUT2D eigenvalue weighted by Gasteiger charge is 2.49. The number of allylic oxidation sites excluding steroid dienone is 2. The van der Waals surface area contributed by atoms with Crippen LogP contribution in [0.4, 0.5) is 17.6 Å². The number of rotatable bonds is 5. The Labute approximate surface area is 179 Å².